The van der Waals surface area contributed by atoms with Crippen LogP contribution in [0.4, 0.5) is 0 Å². The molecule has 0 amide bonds. The number of rotatable bonds is 6. The molecule has 4 aromatic heterocycles. The first-order valence-corrected chi connectivity index (χ1v) is 24.4. The Morgan fingerprint density at radius 1 is 0.257 bits per heavy atom. The minimum absolute atomic E-state index is 1.05. The standard InChI is InChI=1S/C66H44N4/c1-3-15-43(16-4-1)45-27-37-63-57(39-45)55-35-33-49(69-59-23-11-7-19-51(59)52-20-8-12-24-60(52)69)41-65(55)67(63)47-29-31-48(32-30-47)68-64-38-28-46(44-17-5-2-6-18-44)40-58(64)56-36-34-50(42-66(56)68)70-61-25-13-9-21-53(61)54-22-10-14-26-62(54)70/h1-9,11-21,23-42H,10,22H2. The van der Waals surface area contributed by atoms with Crippen LogP contribution in [0.25, 0.3) is 127 Å². The van der Waals surface area contributed by atoms with Gasteiger partial charge in [0.2, 0.25) is 0 Å². The molecule has 0 unspecified atom stereocenters. The summed E-state index contributed by atoms with van der Waals surface area (Å²) in [6.07, 6.45) is 6.77. The lowest BCUT2D eigenvalue weighted by molar-refractivity contribution is 0.968. The number of benzene rings is 10. The molecule has 15 rings (SSSR count). The first-order valence-electron chi connectivity index (χ1n) is 24.4. The molecular formula is C66H44N4. The first-order chi connectivity index (χ1) is 34.7. The van der Waals surface area contributed by atoms with Gasteiger partial charge in [-0.3, -0.25) is 0 Å². The highest BCUT2D eigenvalue weighted by molar-refractivity contribution is 6.14. The summed E-state index contributed by atoms with van der Waals surface area (Å²) in [5.74, 6) is 0. The maximum absolute atomic E-state index is 2.47. The molecule has 4 heteroatoms. The predicted molar refractivity (Wildman–Crippen MR) is 295 cm³/mol. The van der Waals surface area contributed by atoms with E-state index >= 15 is 0 Å². The molecule has 0 saturated carbocycles. The average molecular weight is 893 g/mol. The molecule has 1 aliphatic rings. The fourth-order valence-electron chi connectivity index (χ4n) is 11.9. The van der Waals surface area contributed by atoms with Gasteiger partial charge in [0.1, 0.15) is 0 Å². The zero-order chi connectivity index (χ0) is 45.9. The van der Waals surface area contributed by atoms with Gasteiger partial charge in [0.25, 0.3) is 0 Å². The van der Waals surface area contributed by atoms with Crippen molar-refractivity contribution in [2.24, 2.45) is 0 Å². The van der Waals surface area contributed by atoms with Crippen LogP contribution in [0, 0.1) is 0 Å². The Kier molecular flexibility index (Phi) is 8.45. The molecule has 0 atom stereocenters. The van der Waals surface area contributed by atoms with Crippen molar-refractivity contribution >= 4 is 82.4 Å². The largest absolute Gasteiger partial charge is 0.310 e. The topological polar surface area (TPSA) is 19.7 Å². The predicted octanol–water partition coefficient (Wildman–Crippen LogP) is 17.2. The lowest BCUT2D eigenvalue weighted by Gasteiger charge is -2.14. The SMILES string of the molecule is C1=Cc2c(c3ccccc3n2-c2ccc3c4cc(-c5ccccc5)ccc4n(-c4ccc(-n5c6ccc(-c7ccccc7)cc6c6ccc(-n7c8ccccc8c8ccccc87)cc65)cc4)c3c2)CC1. The Morgan fingerprint density at radius 3 is 1.19 bits per heavy atom. The van der Waals surface area contributed by atoms with Crippen molar-refractivity contribution in [1.82, 2.24) is 18.3 Å². The smallest absolute Gasteiger partial charge is 0.0561 e. The fraction of sp³-hybridized carbons (Fsp3) is 0.0303. The Hall–Kier alpha value is -9.12. The summed E-state index contributed by atoms with van der Waals surface area (Å²) in [7, 11) is 0. The van der Waals surface area contributed by atoms with Gasteiger partial charge < -0.3 is 18.3 Å². The van der Waals surface area contributed by atoms with E-state index in [1.54, 1.807) is 0 Å². The molecule has 0 saturated heterocycles. The number of hydrogen-bond acceptors (Lipinski definition) is 0. The molecule has 10 aromatic carbocycles. The van der Waals surface area contributed by atoms with Gasteiger partial charge in [0, 0.05) is 66.1 Å². The van der Waals surface area contributed by atoms with Crippen LogP contribution in [0.2, 0.25) is 0 Å². The van der Waals surface area contributed by atoms with Gasteiger partial charge in [-0.25, -0.2) is 0 Å². The summed E-state index contributed by atoms with van der Waals surface area (Å²) in [5.41, 5.74) is 20.5. The normalized spacial score (nSPS) is 12.7. The van der Waals surface area contributed by atoms with E-state index in [1.807, 2.05) is 0 Å². The number of nitrogens with zero attached hydrogens (tertiary/aromatic N) is 4. The summed E-state index contributed by atoms with van der Waals surface area (Å²) in [5, 5.41) is 8.78. The molecule has 0 radical (unpaired) electrons. The molecule has 0 spiro atoms. The second-order valence-electron chi connectivity index (χ2n) is 18.8. The third-order valence-corrected chi connectivity index (χ3v) is 15.0. The number of aromatic nitrogens is 4. The van der Waals surface area contributed by atoms with Gasteiger partial charge in [-0.1, -0.05) is 146 Å². The van der Waals surface area contributed by atoms with Crippen LogP contribution in [0.5, 0.6) is 0 Å². The van der Waals surface area contributed by atoms with Crippen molar-refractivity contribution < 1.29 is 0 Å². The van der Waals surface area contributed by atoms with Crippen molar-refractivity contribution in [1.29, 1.82) is 0 Å². The van der Waals surface area contributed by atoms with Gasteiger partial charge in [0.15, 0.2) is 0 Å². The molecule has 0 N–H and O–H groups in total. The van der Waals surface area contributed by atoms with Crippen LogP contribution in [-0.2, 0) is 6.42 Å². The minimum atomic E-state index is 1.05. The number of para-hydroxylation sites is 3. The monoisotopic (exact) mass is 892 g/mol. The zero-order valence-electron chi connectivity index (χ0n) is 38.3. The molecule has 14 aromatic rings. The van der Waals surface area contributed by atoms with Crippen LogP contribution in [0.1, 0.15) is 17.7 Å². The summed E-state index contributed by atoms with van der Waals surface area (Å²) in [6.45, 7) is 0. The van der Waals surface area contributed by atoms with Crippen molar-refractivity contribution in [3.8, 4) is 45.0 Å². The first kappa shape index (κ1) is 38.9. The van der Waals surface area contributed by atoms with E-state index in [0.717, 1.165) is 29.9 Å². The van der Waals surface area contributed by atoms with E-state index in [9.17, 15) is 0 Å². The van der Waals surface area contributed by atoms with Crippen molar-refractivity contribution in [3.63, 3.8) is 0 Å². The second-order valence-corrected chi connectivity index (χ2v) is 18.8. The lowest BCUT2D eigenvalue weighted by Crippen LogP contribution is -2.01. The molecule has 4 heterocycles. The average Bonchev–Trinajstić information content (AvgIpc) is 4.15. The number of hydrogen-bond donors (Lipinski definition) is 0. The van der Waals surface area contributed by atoms with Crippen LogP contribution in [0.3, 0.4) is 0 Å². The third-order valence-electron chi connectivity index (χ3n) is 15.0. The summed E-state index contributed by atoms with van der Waals surface area (Å²) in [4.78, 5) is 0. The van der Waals surface area contributed by atoms with Gasteiger partial charge in [-0.05, 0) is 138 Å². The zero-order valence-corrected chi connectivity index (χ0v) is 38.3. The Bertz CT molecular complexity index is 4390. The maximum atomic E-state index is 2.47. The molecule has 0 bridgehead atoms. The second kappa shape index (κ2) is 15.2. The molecule has 1 aliphatic carbocycles. The molecular weight excluding hydrogens is 849 g/mol. The highest BCUT2D eigenvalue weighted by Crippen LogP contribution is 2.42. The van der Waals surface area contributed by atoms with Gasteiger partial charge in [-0.2, -0.15) is 0 Å². The van der Waals surface area contributed by atoms with Gasteiger partial charge in [-0.15, -0.1) is 0 Å². The van der Waals surface area contributed by atoms with Crippen LogP contribution in [-0.4, -0.2) is 18.3 Å². The highest BCUT2D eigenvalue weighted by Gasteiger charge is 2.22. The van der Waals surface area contributed by atoms with Gasteiger partial charge >= 0.3 is 0 Å². The van der Waals surface area contributed by atoms with Crippen LogP contribution >= 0.6 is 0 Å². The van der Waals surface area contributed by atoms with E-state index in [1.165, 1.54) is 116 Å². The number of aryl methyl sites for hydroxylation is 1. The molecule has 70 heavy (non-hydrogen) atoms. The molecule has 0 aliphatic heterocycles. The summed E-state index contributed by atoms with van der Waals surface area (Å²) >= 11 is 0. The van der Waals surface area contributed by atoms with E-state index in [2.05, 4.69) is 261 Å². The van der Waals surface area contributed by atoms with E-state index < -0.39 is 0 Å². The number of allylic oxidation sites excluding steroid dienone is 1. The maximum Gasteiger partial charge on any atom is 0.0561 e. The number of fused-ring (bicyclic) bond motifs is 12. The Balaban J connectivity index is 0.942. The van der Waals surface area contributed by atoms with Crippen molar-refractivity contribution in [2.75, 3.05) is 0 Å². The highest BCUT2D eigenvalue weighted by atomic mass is 15.0. The van der Waals surface area contributed by atoms with Crippen molar-refractivity contribution in [3.05, 3.63) is 248 Å². The lowest BCUT2D eigenvalue weighted by atomic mass is 10.0. The van der Waals surface area contributed by atoms with E-state index in [0.29, 0.717) is 0 Å². The van der Waals surface area contributed by atoms with Crippen LogP contribution in [0.15, 0.2) is 237 Å². The minimum Gasteiger partial charge on any atom is -0.310 e. The van der Waals surface area contributed by atoms with Crippen LogP contribution < -0.4 is 0 Å². The van der Waals surface area contributed by atoms with E-state index in [-0.39, 0.29) is 0 Å². The van der Waals surface area contributed by atoms with Crippen molar-refractivity contribution in [2.45, 2.75) is 12.8 Å². The molecule has 4 nitrogen and oxygen atoms in total. The quantitative estimate of drug-likeness (QED) is 0.158. The summed E-state index contributed by atoms with van der Waals surface area (Å²) in [6, 6.07) is 85.2. The Morgan fingerprint density at radius 2 is 0.657 bits per heavy atom. The molecule has 0 fully saturated rings. The van der Waals surface area contributed by atoms with Gasteiger partial charge in [0.05, 0.1) is 38.6 Å². The summed E-state index contributed by atoms with van der Waals surface area (Å²) < 4.78 is 9.83. The van der Waals surface area contributed by atoms with E-state index in [4.69, 9.17) is 0 Å². The third kappa shape index (κ3) is 5.77. The fourth-order valence-corrected chi connectivity index (χ4v) is 11.9. The Labute approximate surface area is 404 Å². The molecule has 328 valence electrons.